The van der Waals surface area contributed by atoms with Crippen molar-refractivity contribution in [3.63, 3.8) is 0 Å². The summed E-state index contributed by atoms with van der Waals surface area (Å²) in [6, 6.07) is 5.52. The minimum absolute atomic E-state index is 0.661. The number of thiazole rings is 1. The second-order valence-corrected chi connectivity index (χ2v) is 5.09. The Morgan fingerprint density at radius 1 is 1.25 bits per heavy atom. The molecule has 0 amide bonds. The lowest BCUT2D eigenvalue weighted by Crippen LogP contribution is -2.12. The molecular formula is C11H10Cl2N2S. The van der Waals surface area contributed by atoms with E-state index in [0.29, 0.717) is 10.0 Å². The lowest BCUT2D eigenvalue weighted by molar-refractivity contribution is 0.690. The van der Waals surface area contributed by atoms with Crippen LogP contribution in [0.3, 0.4) is 0 Å². The topological polar surface area (TPSA) is 24.9 Å². The van der Waals surface area contributed by atoms with Crippen molar-refractivity contribution in [1.82, 2.24) is 10.3 Å². The highest BCUT2D eigenvalue weighted by molar-refractivity contribution is 7.09. The molecule has 0 aliphatic rings. The molecule has 1 aromatic heterocycles. The first-order valence-electron chi connectivity index (χ1n) is 4.79. The molecule has 0 saturated carbocycles. The second-order valence-electron chi connectivity index (χ2n) is 3.27. The van der Waals surface area contributed by atoms with Crippen LogP contribution in [-0.4, -0.2) is 4.98 Å². The van der Waals surface area contributed by atoms with Crippen molar-refractivity contribution in [2.24, 2.45) is 0 Å². The van der Waals surface area contributed by atoms with E-state index in [0.717, 1.165) is 23.7 Å². The van der Waals surface area contributed by atoms with Gasteiger partial charge in [-0.15, -0.1) is 11.3 Å². The van der Waals surface area contributed by atoms with E-state index in [1.165, 1.54) is 0 Å². The summed E-state index contributed by atoms with van der Waals surface area (Å²) in [5.74, 6) is 0. The van der Waals surface area contributed by atoms with Crippen LogP contribution in [0.1, 0.15) is 10.6 Å². The van der Waals surface area contributed by atoms with Crippen LogP contribution in [0.2, 0.25) is 10.0 Å². The van der Waals surface area contributed by atoms with Gasteiger partial charge in [0.2, 0.25) is 0 Å². The zero-order valence-electron chi connectivity index (χ0n) is 8.41. The lowest BCUT2D eigenvalue weighted by atomic mass is 10.2. The normalized spacial score (nSPS) is 10.6. The van der Waals surface area contributed by atoms with Crippen molar-refractivity contribution in [3.8, 4) is 0 Å². The second kappa shape index (κ2) is 5.64. The fourth-order valence-corrected chi connectivity index (χ4v) is 2.37. The van der Waals surface area contributed by atoms with Crippen LogP contribution in [0.15, 0.2) is 29.8 Å². The number of hydrogen-bond acceptors (Lipinski definition) is 3. The SMILES string of the molecule is Clc1ccc(CNCc2nccs2)c(Cl)c1. The van der Waals surface area contributed by atoms with Crippen molar-refractivity contribution < 1.29 is 0 Å². The Hall–Kier alpha value is -0.610. The maximum Gasteiger partial charge on any atom is 0.106 e. The summed E-state index contributed by atoms with van der Waals surface area (Å²) in [4.78, 5) is 4.19. The molecule has 1 aromatic carbocycles. The summed E-state index contributed by atoms with van der Waals surface area (Å²) < 4.78 is 0. The number of nitrogens with zero attached hydrogens (tertiary/aromatic N) is 1. The molecule has 1 heterocycles. The molecule has 0 aliphatic carbocycles. The van der Waals surface area contributed by atoms with Gasteiger partial charge in [0.1, 0.15) is 5.01 Å². The largest absolute Gasteiger partial charge is 0.306 e. The molecule has 0 atom stereocenters. The number of hydrogen-bond donors (Lipinski definition) is 1. The van der Waals surface area contributed by atoms with Crippen molar-refractivity contribution in [3.05, 3.63) is 50.4 Å². The maximum absolute atomic E-state index is 6.05. The van der Waals surface area contributed by atoms with Gasteiger partial charge < -0.3 is 5.32 Å². The first-order valence-corrected chi connectivity index (χ1v) is 6.42. The van der Waals surface area contributed by atoms with E-state index in [-0.39, 0.29) is 0 Å². The number of rotatable bonds is 4. The Labute approximate surface area is 108 Å². The Balaban J connectivity index is 1.90. The fraction of sp³-hybridized carbons (Fsp3) is 0.182. The minimum Gasteiger partial charge on any atom is -0.306 e. The van der Waals surface area contributed by atoms with E-state index in [2.05, 4.69) is 10.3 Å². The van der Waals surface area contributed by atoms with Crippen molar-refractivity contribution in [1.29, 1.82) is 0 Å². The monoisotopic (exact) mass is 272 g/mol. The Morgan fingerprint density at radius 3 is 2.81 bits per heavy atom. The van der Waals surface area contributed by atoms with Crippen LogP contribution in [0.4, 0.5) is 0 Å². The number of aromatic nitrogens is 1. The van der Waals surface area contributed by atoms with Crippen LogP contribution in [0.25, 0.3) is 0 Å². The van der Waals surface area contributed by atoms with E-state index in [4.69, 9.17) is 23.2 Å². The van der Waals surface area contributed by atoms with Gasteiger partial charge in [-0.05, 0) is 17.7 Å². The van der Waals surface area contributed by atoms with Gasteiger partial charge in [0.25, 0.3) is 0 Å². The molecule has 84 valence electrons. The first-order chi connectivity index (χ1) is 7.75. The minimum atomic E-state index is 0.661. The van der Waals surface area contributed by atoms with Crippen molar-refractivity contribution in [2.75, 3.05) is 0 Å². The molecule has 0 spiro atoms. The van der Waals surface area contributed by atoms with Crippen LogP contribution < -0.4 is 5.32 Å². The highest BCUT2D eigenvalue weighted by atomic mass is 35.5. The number of halogens is 2. The molecule has 0 bridgehead atoms. The molecule has 16 heavy (non-hydrogen) atoms. The van der Waals surface area contributed by atoms with E-state index < -0.39 is 0 Å². The van der Waals surface area contributed by atoms with Gasteiger partial charge >= 0.3 is 0 Å². The zero-order chi connectivity index (χ0) is 11.4. The standard InChI is InChI=1S/C11H10Cl2N2S/c12-9-2-1-8(10(13)5-9)6-14-7-11-15-3-4-16-11/h1-5,14H,6-7H2. The smallest absolute Gasteiger partial charge is 0.106 e. The quantitative estimate of drug-likeness (QED) is 0.917. The summed E-state index contributed by atoms with van der Waals surface area (Å²) >= 11 is 13.5. The van der Waals surface area contributed by atoms with E-state index in [9.17, 15) is 0 Å². The van der Waals surface area contributed by atoms with Gasteiger partial charge in [0.05, 0.1) is 0 Å². The third kappa shape index (κ3) is 3.19. The predicted octanol–water partition coefficient (Wildman–Crippen LogP) is 3.74. The molecule has 2 aromatic rings. The zero-order valence-corrected chi connectivity index (χ0v) is 10.7. The molecule has 5 heteroatoms. The molecule has 0 unspecified atom stereocenters. The Kier molecular flexibility index (Phi) is 4.18. The van der Waals surface area contributed by atoms with Gasteiger partial charge in [-0.3, -0.25) is 0 Å². The van der Waals surface area contributed by atoms with E-state index in [1.54, 1.807) is 23.6 Å². The van der Waals surface area contributed by atoms with Gasteiger partial charge in [0.15, 0.2) is 0 Å². The molecule has 0 radical (unpaired) electrons. The molecule has 0 fully saturated rings. The maximum atomic E-state index is 6.05. The molecule has 0 saturated heterocycles. The lowest BCUT2D eigenvalue weighted by Gasteiger charge is -2.05. The summed E-state index contributed by atoms with van der Waals surface area (Å²) in [5.41, 5.74) is 1.04. The van der Waals surface area contributed by atoms with Crippen LogP contribution >= 0.6 is 34.5 Å². The van der Waals surface area contributed by atoms with Crippen molar-refractivity contribution >= 4 is 34.5 Å². The van der Waals surface area contributed by atoms with Gasteiger partial charge in [0, 0.05) is 34.7 Å². The highest BCUT2D eigenvalue weighted by Crippen LogP contribution is 2.20. The third-order valence-corrected chi connectivity index (χ3v) is 3.46. The van der Waals surface area contributed by atoms with Crippen LogP contribution in [-0.2, 0) is 13.1 Å². The predicted molar refractivity (Wildman–Crippen MR) is 69.1 cm³/mol. The summed E-state index contributed by atoms with van der Waals surface area (Å²) in [5, 5.41) is 7.68. The number of nitrogens with one attached hydrogen (secondary N) is 1. The average molecular weight is 273 g/mol. The highest BCUT2D eigenvalue weighted by Gasteiger charge is 2.01. The Bertz CT molecular complexity index is 457. The van der Waals surface area contributed by atoms with E-state index in [1.807, 2.05) is 17.5 Å². The Morgan fingerprint density at radius 2 is 2.12 bits per heavy atom. The van der Waals surface area contributed by atoms with E-state index >= 15 is 0 Å². The third-order valence-electron chi connectivity index (χ3n) is 2.09. The molecule has 1 N–H and O–H groups in total. The summed E-state index contributed by atoms with van der Waals surface area (Å²) in [6.45, 7) is 1.48. The molecule has 2 nitrogen and oxygen atoms in total. The molecule has 2 rings (SSSR count). The van der Waals surface area contributed by atoms with Crippen LogP contribution in [0, 0.1) is 0 Å². The molecule has 0 aliphatic heterocycles. The van der Waals surface area contributed by atoms with Crippen molar-refractivity contribution in [2.45, 2.75) is 13.1 Å². The fourth-order valence-electron chi connectivity index (χ4n) is 1.31. The van der Waals surface area contributed by atoms with Gasteiger partial charge in [-0.2, -0.15) is 0 Å². The number of benzene rings is 1. The van der Waals surface area contributed by atoms with Gasteiger partial charge in [-0.25, -0.2) is 4.98 Å². The first kappa shape index (κ1) is 11.9. The average Bonchev–Trinajstić information content (AvgIpc) is 2.74. The molecular weight excluding hydrogens is 263 g/mol. The summed E-state index contributed by atoms with van der Waals surface area (Å²) in [6.07, 6.45) is 1.80. The summed E-state index contributed by atoms with van der Waals surface area (Å²) in [7, 11) is 0. The van der Waals surface area contributed by atoms with Crippen LogP contribution in [0.5, 0.6) is 0 Å². The van der Waals surface area contributed by atoms with Gasteiger partial charge in [-0.1, -0.05) is 29.3 Å².